The average molecular weight is 560 g/mol. The maximum atomic E-state index is 13.3. The summed E-state index contributed by atoms with van der Waals surface area (Å²) in [6, 6.07) is 16.3. The zero-order chi connectivity index (χ0) is 28.5. The Balaban J connectivity index is 1.20. The molecule has 1 saturated heterocycles. The second kappa shape index (κ2) is 9.52. The van der Waals surface area contributed by atoms with E-state index in [2.05, 4.69) is 41.1 Å². The van der Waals surface area contributed by atoms with E-state index in [1.807, 2.05) is 39.9 Å². The zero-order valence-electron chi connectivity index (χ0n) is 23.6. The van der Waals surface area contributed by atoms with E-state index in [9.17, 15) is 9.59 Å². The number of amides is 2. The van der Waals surface area contributed by atoms with Gasteiger partial charge in [0.05, 0.1) is 22.5 Å². The van der Waals surface area contributed by atoms with E-state index in [0.717, 1.165) is 81.8 Å². The van der Waals surface area contributed by atoms with Crippen molar-refractivity contribution in [1.29, 1.82) is 0 Å². The number of pyridine rings is 2. The standard InChI is InChI=1S/C33H33N7O2/c1-19-28-11-8-23(33(42)38-12-2-3-25(34)18-38)17-40(28)37-30(19)29-14-22-7-10-27(36-31(22)39(29)16-20-4-5-20)21-6-9-26-24(13-21)15-35-32(26)41/h6-11,13-14,17,20,25H,2-5,12,15-16,18,34H2,1H3,(H,35,41). The number of nitrogens with one attached hydrogen (secondary N) is 1. The van der Waals surface area contributed by atoms with E-state index >= 15 is 0 Å². The fourth-order valence-electron chi connectivity index (χ4n) is 6.54. The maximum Gasteiger partial charge on any atom is 0.255 e. The van der Waals surface area contributed by atoms with Gasteiger partial charge in [0.15, 0.2) is 0 Å². The molecule has 1 saturated carbocycles. The van der Waals surface area contributed by atoms with Crippen molar-refractivity contribution in [2.75, 3.05) is 13.1 Å². The molecule has 6 heterocycles. The van der Waals surface area contributed by atoms with Crippen LogP contribution in [0.2, 0.25) is 0 Å². The van der Waals surface area contributed by atoms with E-state index in [0.29, 0.717) is 24.6 Å². The van der Waals surface area contributed by atoms with Crippen LogP contribution in [0.1, 0.15) is 57.5 Å². The first-order valence-corrected chi connectivity index (χ1v) is 14.9. The molecular weight excluding hydrogens is 526 g/mol. The summed E-state index contributed by atoms with van der Waals surface area (Å²) in [5, 5.41) is 9.00. The third kappa shape index (κ3) is 4.18. The molecule has 4 aromatic heterocycles. The van der Waals surface area contributed by atoms with Gasteiger partial charge < -0.3 is 20.5 Å². The van der Waals surface area contributed by atoms with Crippen LogP contribution in [0.25, 0.3) is 39.2 Å². The quantitative estimate of drug-likeness (QED) is 0.329. The van der Waals surface area contributed by atoms with Crippen molar-refractivity contribution in [3.8, 4) is 22.6 Å². The lowest BCUT2D eigenvalue weighted by Crippen LogP contribution is -2.45. The molecule has 212 valence electrons. The fourth-order valence-corrected chi connectivity index (χ4v) is 6.54. The largest absolute Gasteiger partial charge is 0.348 e. The van der Waals surface area contributed by atoms with E-state index in [1.165, 1.54) is 12.8 Å². The third-order valence-electron chi connectivity index (χ3n) is 9.08. The summed E-state index contributed by atoms with van der Waals surface area (Å²) in [5.74, 6) is 0.630. The molecule has 1 unspecified atom stereocenters. The monoisotopic (exact) mass is 559 g/mol. The Morgan fingerprint density at radius 2 is 1.98 bits per heavy atom. The topological polar surface area (TPSA) is 111 Å². The smallest absolute Gasteiger partial charge is 0.255 e. The van der Waals surface area contributed by atoms with Gasteiger partial charge >= 0.3 is 0 Å². The number of aromatic nitrogens is 4. The summed E-state index contributed by atoms with van der Waals surface area (Å²) in [7, 11) is 0. The van der Waals surface area contributed by atoms with Crippen molar-refractivity contribution < 1.29 is 9.59 Å². The highest BCUT2D eigenvalue weighted by Crippen LogP contribution is 2.37. The number of carbonyl (C=O) groups is 2. The molecule has 0 spiro atoms. The molecule has 5 aromatic rings. The summed E-state index contributed by atoms with van der Waals surface area (Å²) in [6.45, 7) is 4.88. The molecule has 8 rings (SSSR count). The van der Waals surface area contributed by atoms with Gasteiger partial charge in [0, 0.05) is 60.5 Å². The Hall–Kier alpha value is -4.50. The van der Waals surface area contributed by atoms with Gasteiger partial charge in [0.1, 0.15) is 11.3 Å². The highest BCUT2D eigenvalue weighted by atomic mass is 16.2. The van der Waals surface area contributed by atoms with Gasteiger partial charge in [-0.1, -0.05) is 6.07 Å². The second-order valence-corrected chi connectivity index (χ2v) is 12.1. The van der Waals surface area contributed by atoms with Crippen LogP contribution in [0.5, 0.6) is 0 Å². The minimum Gasteiger partial charge on any atom is -0.348 e. The number of hydrogen-bond acceptors (Lipinski definition) is 5. The van der Waals surface area contributed by atoms with E-state index in [1.54, 1.807) is 0 Å². The molecule has 0 bridgehead atoms. The van der Waals surface area contributed by atoms with E-state index in [4.69, 9.17) is 15.8 Å². The molecule has 1 atom stereocenters. The van der Waals surface area contributed by atoms with Crippen LogP contribution in [0.3, 0.4) is 0 Å². The third-order valence-corrected chi connectivity index (χ3v) is 9.08. The van der Waals surface area contributed by atoms with Crippen molar-refractivity contribution in [2.45, 2.75) is 51.7 Å². The van der Waals surface area contributed by atoms with Crippen molar-refractivity contribution in [1.82, 2.24) is 29.4 Å². The lowest BCUT2D eigenvalue weighted by molar-refractivity contribution is 0.0708. The van der Waals surface area contributed by atoms with Gasteiger partial charge in [-0.25, -0.2) is 9.50 Å². The van der Waals surface area contributed by atoms with Crippen molar-refractivity contribution in [3.05, 3.63) is 77.0 Å². The minimum atomic E-state index is -0.0158. The Morgan fingerprint density at radius 3 is 2.81 bits per heavy atom. The first-order valence-electron chi connectivity index (χ1n) is 14.9. The van der Waals surface area contributed by atoms with Gasteiger partial charge in [-0.3, -0.25) is 9.59 Å². The number of benzene rings is 1. The summed E-state index contributed by atoms with van der Waals surface area (Å²) < 4.78 is 4.17. The van der Waals surface area contributed by atoms with Crippen LogP contribution in [-0.2, 0) is 13.1 Å². The first kappa shape index (κ1) is 25.2. The lowest BCUT2D eigenvalue weighted by Gasteiger charge is -2.30. The number of carbonyl (C=O) groups excluding carboxylic acids is 2. The number of nitrogens with zero attached hydrogens (tertiary/aromatic N) is 5. The Bertz CT molecular complexity index is 1910. The zero-order valence-corrected chi connectivity index (χ0v) is 23.6. The van der Waals surface area contributed by atoms with Crippen LogP contribution in [-0.4, -0.2) is 55.0 Å². The predicted octanol–water partition coefficient (Wildman–Crippen LogP) is 4.54. The number of aryl methyl sites for hydroxylation is 1. The molecule has 2 fully saturated rings. The summed E-state index contributed by atoms with van der Waals surface area (Å²) in [6.07, 6.45) is 6.19. The van der Waals surface area contributed by atoms with Crippen molar-refractivity contribution in [2.24, 2.45) is 11.7 Å². The summed E-state index contributed by atoms with van der Waals surface area (Å²) >= 11 is 0. The van der Waals surface area contributed by atoms with Crippen LogP contribution in [0.4, 0.5) is 0 Å². The number of likely N-dealkylation sites (tertiary alicyclic amines) is 1. The number of nitrogens with two attached hydrogens (primary N) is 1. The van der Waals surface area contributed by atoms with E-state index in [-0.39, 0.29) is 17.9 Å². The van der Waals surface area contributed by atoms with Crippen molar-refractivity contribution in [3.63, 3.8) is 0 Å². The average Bonchev–Trinajstić information content (AvgIpc) is 3.54. The van der Waals surface area contributed by atoms with Crippen LogP contribution in [0.15, 0.2) is 54.7 Å². The SMILES string of the molecule is Cc1c(-c2cc3ccc(-c4ccc5c(c4)CNC5=O)nc3n2CC2CC2)nn2cc(C(=O)N3CCCC(N)C3)ccc12. The number of rotatable bonds is 5. The Morgan fingerprint density at radius 1 is 1.10 bits per heavy atom. The van der Waals surface area contributed by atoms with Crippen molar-refractivity contribution >= 4 is 28.4 Å². The molecule has 3 aliphatic rings. The second-order valence-electron chi connectivity index (χ2n) is 12.1. The molecule has 9 nitrogen and oxygen atoms in total. The molecule has 2 aliphatic heterocycles. The van der Waals surface area contributed by atoms with Gasteiger partial charge in [-0.15, -0.1) is 0 Å². The molecule has 2 amide bonds. The lowest BCUT2D eigenvalue weighted by atomic mass is 10.0. The highest BCUT2D eigenvalue weighted by molar-refractivity contribution is 5.99. The molecule has 9 heteroatoms. The first-order chi connectivity index (χ1) is 20.4. The van der Waals surface area contributed by atoms with Crippen LogP contribution < -0.4 is 11.1 Å². The van der Waals surface area contributed by atoms with Gasteiger partial charge in [-0.2, -0.15) is 5.10 Å². The molecular formula is C33H33N7O2. The molecule has 0 radical (unpaired) electrons. The minimum absolute atomic E-state index is 0.00744. The summed E-state index contributed by atoms with van der Waals surface area (Å²) in [4.78, 5) is 32.3. The Labute approximate surface area is 243 Å². The number of hydrogen-bond donors (Lipinski definition) is 2. The van der Waals surface area contributed by atoms with Crippen LogP contribution >= 0.6 is 0 Å². The maximum absolute atomic E-state index is 13.3. The summed E-state index contributed by atoms with van der Waals surface area (Å²) in [5.41, 5.74) is 15.4. The van der Waals surface area contributed by atoms with Gasteiger partial charge in [0.2, 0.25) is 0 Å². The highest BCUT2D eigenvalue weighted by Gasteiger charge is 2.27. The number of piperidine rings is 1. The molecule has 1 aliphatic carbocycles. The predicted molar refractivity (Wildman–Crippen MR) is 161 cm³/mol. The molecule has 42 heavy (non-hydrogen) atoms. The number of fused-ring (bicyclic) bond motifs is 3. The fraction of sp³-hybridized carbons (Fsp3) is 0.333. The van der Waals surface area contributed by atoms with E-state index < -0.39 is 0 Å². The Kier molecular flexibility index (Phi) is 5.72. The van der Waals surface area contributed by atoms with Crippen LogP contribution in [0, 0.1) is 12.8 Å². The van der Waals surface area contributed by atoms with Gasteiger partial charge in [0.25, 0.3) is 11.8 Å². The van der Waals surface area contributed by atoms with Gasteiger partial charge in [-0.05, 0) is 86.6 Å². The molecule has 1 aromatic carbocycles. The normalized spacial score (nSPS) is 18.6. The molecule has 3 N–H and O–H groups in total.